The first-order valence-corrected chi connectivity index (χ1v) is 6.80. The zero-order valence-corrected chi connectivity index (χ0v) is 12.2. The molecule has 0 atom stereocenters. The summed E-state index contributed by atoms with van der Waals surface area (Å²) in [6.07, 6.45) is 6.08. The maximum atomic E-state index is 12.4. The van der Waals surface area contributed by atoms with Crippen LogP contribution in [0.2, 0.25) is 0 Å². The van der Waals surface area contributed by atoms with Crippen LogP contribution in [0.1, 0.15) is 21.5 Å². The van der Waals surface area contributed by atoms with Crippen molar-refractivity contribution in [2.45, 2.75) is 13.5 Å². The second kappa shape index (κ2) is 5.84. The quantitative estimate of drug-likeness (QED) is 0.767. The highest BCUT2D eigenvalue weighted by Crippen LogP contribution is 2.11. The zero-order valence-electron chi connectivity index (χ0n) is 12.2. The van der Waals surface area contributed by atoms with E-state index in [1.807, 2.05) is 0 Å². The summed E-state index contributed by atoms with van der Waals surface area (Å²) in [5.74, 6) is -0.695. The molecule has 8 heteroatoms. The second-order valence-corrected chi connectivity index (χ2v) is 4.94. The summed E-state index contributed by atoms with van der Waals surface area (Å²) in [5.41, 5.74) is 0.381. The van der Waals surface area contributed by atoms with Gasteiger partial charge in [0.1, 0.15) is 18.2 Å². The van der Waals surface area contributed by atoms with Crippen LogP contribution in [0.25, 0.3) is 5.82 Å². The van der Waals surface area contributed by atoms with Gasteiger partial charge in [-0.05, 0) is 24.6 Å². The Morgan fingerprint density at radius 3 is 2.87 bits per heavy atom. The Bertz CT molecular complexity index is 915. The smallest absolute Gasteiger partial charge is 0.341 e. The van der Waals surface area contributed by atoms with Crippen LogP contribution in [0.3, 0.4) is 0 Å². The summed E-state index contributed by atoms with van der Waals surface area (Å²) in [5, 5.41) is 13.2. The molecule has 3 aromatic rings. The number of aryl methyl sites for hydroxylation is 1. The molecule has 0 radical (unpaired) electrons. The van der Waals surface area contributed by atoms with Crippen molar-refractivity contribution in [3.05, 3.63) is 70.3 Å². The Labute approximate surface area is 130 Å². The average Bonchev–Trinajstić information content (AvgIpc) is 3.04. The standard InChI is InChI=1S/C15H13N5O3/c1-10-4-6-19(14(21)12(10)15(22)23)7-11-3-2-5-17-13(11)20-9-16-8-18-20/h2-6,8-9H,7H2,1H3,(H,22,23). The predicted molar refractivity (Wildman–Crippen MR) is 80.7 cm³/mol. The van der Waals surface area contributed by atoms with Gasteiger partial charge in [-0.1, -0.05) is 6.07 Å². The Balaban J connectivity index is 2.06. The number of carboxylic acids is 1. The average molecular weight is 311 g/mol. The van der Waals surface area contributed by atoms with Gasteiger partial charge in [-0.25, -0.2) is 19.4 Å². The number of aromatic nitrogens is 5. The monoisotopic (exact) mass is 311 g/mol. The molecule has 3 rings (SSSR count). The topological polar surface area (TPSA) is 103 Å². The van der Waals surface area contributed by atoms with Crippen LogP contribution in [0, 0.1) is 6.92 Å². The van der Waals surface area contributed by atoms with Gasteiger partial charge in [0.25, 0.3) is 5.56 Å². The van der Waals surface area contributed by atoms with E-state index < -0.39 is 11.5 Å². The molecule has 0 bridgehead atoms. The van der Waals surface area contributed by atoms with Crippen LogP contribution < -0.4 is 5.56 Å². The Hall–Kier alpha value is -3.29. The number of aromatic carboxylic acids is 1. The lowest BCUT2D eigenvalue weighted by atomic mass is 10.1. The number of hydrogen-bond donors (Lipinski definition) is 1. The fraction of sp³-hybridized carbons (Fsp3) is 0.133. The van der Waals surface area contributed by atoms with Crippen LogP contribution in [-0.4, -0.2) is 35.4 Å². The minimum atomic E-state index is -1.23. The number of pyridine rings is 2. The summed E-state index contributed by atoms with van der Waals surface area (Å²) in [4.78, 5) is 31.7. The number of rotatable bonds is 4. The number of carboxylic acid groups (broad SMARTS) is 1. The third-order valence-corrected chi connectivity index (χ3v) is 3.43. The van der Waals surface area contributed by atoms with Gasteiger partial charge in [0.05, 0.1) is 6.54 Å². The van der Waals surface area contributed by atoms with Crippen LogP contribution >= 0.6 is 0 Å². The summed E-state index contributed by atoms with van der Waals surface area (Å²) in [7, 11) is 0. The molecule has 116 valence electrons. The zero-order chi connectivity index (χ0) is 16.4. The summed E-state index contributed by atoms with van der Waals surface area (Å²) in [6, 6.07) is 5.15. The van der Waals surface area contributed by atoms with Crippen molar-refractivity contribution in [2.24, 2.45) is 0 Å². The molecule has 0 fully saturated rings. The molecule has 3 aromatic heterocycles. The van der Waals surface area contributed by atoms with Crippen molar-refractivity contribution in [1.82, 2.24) is 24.3 Å². The van der Waals surface area contributed by atoms with E-state index in [2.05, 4.69) is 15.1 Å². The molecule has 1 N–H and O–H groups in total. The van der Waals surface area contributed by atoms with E-state index in [1.165, 1.54) is 21.9 Å². The maximum absolute atomic E-state index is 12.4. The largest absolute Gasteiger partial charge is 0.477 e. The van der Waals surface area contributed by atoms with E-state index >= 15 is 0 Å². The highest BCUT2D eigenvalue weighted by molar-refractivity contribution is 5.88. The molecule has 0 aliphatic heterocycles. The minimum absolute atomic E-state index is 0.183. The normalized spacial score (nSPS) is 10.7. The van der Waals surface area contributed by atoms with Gasteiger partial charge in [-0.3, -0.25) is 4.79 Å². The van der Waals surface area contributed by atoms with Crippen molar-refractivity contribution >= 4 is 5.97 Å². The van der Waals surface area contributed by atoms with E-state index in [0.717, 1.165) is 5.56 Å². The van der Waals surface area contributed by atoms with Gasteiger partial charge in [0.2, 0.25) is 0 Å². The minimum Gasteiger partial charge on any atom is -0.477 e. The van der Waals surface area contributed by atoms with E-state index in [9.17, 15) is 14.7 Å². The first-order valence-electron chi connectivity index (χ1n) is 6.80. The highest BCUT2D eigenvalue weighted by Gasteiger charge is 2.15. The van der Waals surface area contributed by atoms with Crippen molar-refractivity contribution < 1.29 is 9.90 Å². The van der Waals surface area contributed by atoms with Gasteiger partial charge >= 0.3 is 5.97 Å². The second-order valence-electron chi connectivity index (χ2n) is 4.94. The SMILES string of the molecule is Cc1ccn(Cc2cccnc2-n2cncn2)c(=O)c1C(=O)O. The maximum Gasteiger partial charge on any atom is 0.341 e. The third-order valence-electron chi connectivity index (χ3n) is 3.43. The molecule has 0 aliphatic carbocycles. The molecule has 0 saturated heterocycles. The fourth-order valence-corrected chi connectivity index (χ4v) is 2.31. The van der Waals surface area contributed by atoms with Crippen LogP contribution in [-0.2, 0) is 6.54 Å². The third kappa shape index (κ3) is 2.73. The lowest BCUT2D eigenvalue weighted by Gasteiger charge is -2.11. The summed E-state index contributed by atoms with van der Waals surface area (Å²) < 4.78 is 2.83. The number of carbonyl (C=O) groups is 1. The number of nitrogens with zero attached hydrogens (tertiary/aromatic N) is 5. The van der Waals surface area contributed by atoms with E-state index in [-0.39, 0.29) is 12.1 Å². The van der Waals surface area contributed by atoms with E-state index in [0.29, 0.717) is 11.4 Å². The molecule has 3 heterocycles. The Morgan fingerprint density at radius 1 is 1.35 bits per heavy atom. The van der Waals surface area contributed by atoms with Gasteiger partial charge in [-0.2, -0.15) is 5.10 Å². The van der Waals surface area contributed by atoms with Crippen molar-refractivity contribution in [1.29, 1.82) is 0 Å². The highest BCUT2D eigenvalue weighted by atomic mass is 16.4. The first-order chi connectivity index (χ1) is 11.1. The molecule has 23 heavy (non-hydrogen) atoms. The van der Waals surface area contributed by atoms with Crippen LogP contribution in [0.5, 0.6) is 0 Å². The molecule has 0 amide bonds. The fourth-order valence-electron chi connectivity index (χ4n) is 2.31. The lowest BCUT2D eigenvalue weighted by molar-refractivity contribution is 0.0693. The molecule has 0 saturated carbocycles. The molecule has 0 aromatic carbocycles. The van der Waals surface area contributed by atoms with Crippen LogP contribution in [0.15, 0.2) is 48.0 Å². The summed E-state index contributed by atoms with van der Waals surface area (Å²) >= 11 is 0. The first kappa shape index (κ1) is 14.6. The molecule has 0 aliphatic rings. The van der Waals surface area contributed by atoms with E-state index in [4.69, 9.17) is 0 Å². The molecule has 8 nitrogen and oxygen atoms in total. The van der Waals surface area contributed by atoms with Gasteiger partial charge in [-0.15, -0.1) is 0 Å². The van der Waals surface area contributed by atoms with Gasteiger partial charge in [0, 0.05) is 18.0 Å². The summed E-state index contributed by atoms with van der Waals surface area (Å²) in [6.45, 7) is 1.78. The lowest BCUT2D eigenvalue weighted by Crippen LogP contribution is -2.28. The Kier molecular flexibility index (Phi) is 3.71. The van der Waals surface area contributed by atoms with Crippen LogP contribution in [0.4, 0.5) is 0 Å². The van der Waals surface area contributed by atoms with Gasteiger partial charge in [0.15, 0.2) is 5.82 Å². The molecule has 0 unspecified atom stereocenters. The van der Waals surface area contributed by atoms with Gasteiger partial charge < -0.3 is 9.67 Å². The predicted octanol–water partition coefficient (Wildman–Crippen LogP) is 0.879. The van der Waals surface area contributed by atoms with Crippen molar-refractivity contribution in [3.8, 4) is 5.82 Å². The molecular formula is C15H13N5O3. The van der Waals surface area contributed by atoms with Crippen molar-refractivity contribution in [2.75, 3.05) is 0 Å². The molecular weight excluding hydrogens is 298 g/mol. The number of hydrogen-bond acceptors (Lipinski definition) is 5. The molecule has 0 spiro atoms. The Morgan fingerprint density at radius 2 is 2.17 bits per heavy atom. The van der Waals surface area contributed by atoms with E-state index in [1.54, 1.807) is 37.5 Å². The van der Waals surface area contributed by atoms with Crippen molar-refractivity contribution in [3.63, 3.8) is 0 Å².